The fraction of sp³-hybridized carbons (Fsp3) is 0.222. The average molecular weight is 379 g/mol. The molecule has 1 aromatic heterocycles. The lowest BCUT2D eigenvalue weighted by molar-refractivity contribution is -0.137. The number of hydrogen-bond acceptors (Lipinski definition) is 4. The third kappa shape index (κ3) is 5.37. The third-order valence-corrected chi connectivity index (χ3v) is 3.41. The molecule has 2 rings (SSSR count). The van der Waals surface area contributed by atoms with Gasteiger partial charge in [0.2, 0.25) is 0 Å². The van der Waals surface area contributed by atoms with Crippen molar-refractivity contribution in [3.05, 3.63) is 59.9 Å². The fourth-order valence-electron chi connectivity index (χ4n) is 2.17. The van der Waals surface area contributed by atoms with Crippen LogP contribution >= 0.6 is 0 Å². The number of carbonyl (C=O) groups excluding carboxylic acids is 1. The summed E-state index contributed by atoms with van der Waals surface area (Å²) < 4.78 is 39.5. The Kier molecular flexibility index (Phi) is 5.94. The van der Waals surface area contributed by atoms with Crippen LogP contribution in [0.2, 0.25) is 0 Å². The van der Waals surface area contributed by atoms with Gasteiger partial charge in [-0.25, -0.2) is 4.68 Å². The summed E-state index contributed by atoms with van der Waals surface area (Å²) in [5, 5.41) is 9.46. The number of amides is 1. The second kappa shape index (κ2) is 7.98. The molecule has 6 nitrogen and oxygen atoms in total. The number of nitrogen functional groups attached to an aromatic ring is 1. The Bertz CT molecular complexity index is 868. The van der Waals surface area contributed by atoms with Crippen LogP contribution in [-0.4, -0.2) is 21.7 Å². The lowest BCUT2D eigenvalue weighted by Gasteiger charge is -2.10. The Morgan fingerprint density at radius 3 is 2.70 bits per heavy atom. The standard InChI is InChI=1S/C18H20F3N5O/c1-11(2)24-17(27)15-10-23-26(16(15)22)8-7-12(3)25-14-6-4-5-13(9-14)18(19,20)21/h4-11,25H,3,22H2,1-2H3,(H,24,27)/b8-7-. The molecule has 0 fully saturated rings. The van der Waals surface area contributed by atoms with E-state index in [0.717, 1.165) is 12.1 Å². The number of hydrogen-bond donors (Lipinski definition) is 3. The van der Waals surface area contributed by atoms with Gasteiger partial charge in [0.15, 0.2) is 0 Å². The monoisotopic (exact) mass is 379 g/mol. The van der Waals surface area contributed by atoms with Crippen LogP contribution < -0.4 is 16.4 Å². The summed E-state index contributed by atoms with van der Waals surface area (Å²) in [5.74, 6) is -0.209. The Balaban J connectivity index is 2.07. The average Bonchev–Trinajstić information content (AvgIpc) is 2.92. The zero-order valence-electron chi connectivity index (χ0n) is 14.8. The summed E-state index contributed by atoms with van der Waals surface area (Å²) in [4.78, 5) is 12.0. The predicted molar refractivity (Wildman–Crippen MR) is 98.8 cm³/mol. The minimum Gasteiger partial charge on any atom is -0.383 e. The molecule has 2 aromatic rings. The number of rotatable bonds is 6. The molecule has 27 heavy (non-hydrogen) atoms. The second-order valence-corrected chi connectivity index (χ2v) is 6.06. The molecule has 144 valence electrons. The molecule has 0 saturated heterocycles. The van der Waals surface area contributed by atoms with Crippen molar-refractivity contribution in [1.29, 1.82) is 0 Å². The number of benzene rings is 1. The highest BCUT2D eigenvalue weighted by atomic mass is 19.4. The number of anilines is 2. The highest BCUT2D eigenvalue weighted by molar-refractivity contribution is 5.98. The van der Waals surface area contributed by atoms with E-state index in [1.54, 1.807) is 0 Å². The number of nitrogens with one attached hydrogen (secondary N) is 2. The van der Waals surface area contributed by atoms with E-state index < -0.39 is 11.7 Å². The van der Waals surface area contributed by atoms with Crippen molar-refractivity contribution >= 4 is 23.6 Å². The minimum absolute atomic E-state index is 0.0489. The number of halogens is 3. The van der Waals surface area contributed by atoms with Gasteiger partial charge in [0, 0.05) is 23.6 Å². The molecule has 4 N–H and O–H groups in total. The van der Waals surface area contributed by atoms with Gasteiger partial charge in [-0.3, -0.25) is 4.79 Å². The van der Waals surface area contributed by atoms with E-state index in [1.165, 1.54) is 35.3 Å². The highest BCUT2D eigenvalue weighted by Crippen LogP contribution is 2.30. The van der Waals surface area contributed by atoms with E-state index >= 15 is 0 Å². The van der Waals surface area contributed by atoms with Crippen LogP contribution in [0.25, 0.3) is 6.20 Å². The molecule has 0 unspecified atom stereocenters. The highest BCUT2D eigenvalue weighted by Gasteiger charge is 2.30. The topological polar surface area (TPSA) is 85.0 Å². The summed E-state index contributed by atoms with van der Waals surface area (Å²) in [6.07, 6.45) is -0.163. The Morgan fingerprint density at radius 1 is 1.37 bits per heavy atom. The van der Waals surface area contributed by atoms with Crippen LogP contribution in [0.3, 0.4) is 0 Å². The molecule has 0 spiro atoms. The smallest absolute Gasteiger partial charge is 0.383 e. The molecule has 0 radical (unpaired) electrons. The molecular formula is C18H20F3N5O. The molecule has 0 bridgehead atoms. The summed E-state index contributed by atoms with van der Waals surface area (Å²) in [6, 6.07) is 4.71. The second-order valence-electron chi connectivity index (χ2n) is 6.06. The SMILES string of the molecule is C=C(/C=C\n1ncc(C(=O)NC(C)C)c1N)Nc1cccc(C(F)(F)F)c1. The fourth-order valence-corrected chi connectivity index (χ4v) is 2.17. The Labute approximate surface area is 154 Å². The molecule has 0 saturated carbocycles. The van der Waals surface area contributed by atoms with Crippen molar-refractivity contribution in [1.82, 2.24) is 15.1 Å². The van der Waals surface area contributed by atoms with Crippen molar-refractivity contribution in [2.75, 3.05) is 11.1 Å². The molecular weight excluding hydrogens is 359 g/mol. The Hall–Kier alpha value is -3.23. The van der Waals surface area contributed by atoms with Crippen molar-refractivity contribution in [3.8, 4) is 0 Å². The lowest BCUT2D eigenvalue weighted by Crippen LogP contribution is -2.30. The van der Waals surface area contributed by atoms with Gasteiger partial charge in [0.1, 0.15) is 11.4 Å². The molecule has 1 amide bonds. The van der Waals surface area contributed by atoms with Crippen LogP contribution in [0.5, 0.6) is 0 Å². The number of allylic oxidation sites excluding steroid dienone is 1. The maximum atomic E-state index is 12.7. The van der Waals surface area contributed by atoms with Gasteiger partial charge in [0.25, 0.3) is 5.91 Å². The van der Waals surface area contributed by atoms with E-state index in [9.17, 15) is 18.0 Å². The van der Waals surface area contributed by atoms with Gasteiger partial charge in [-0.15, -0.1) is 0 Å². The van der Waals surface area contributed by atoms with Gasteiger partial charge < -0.3 is 16.4 Å². The van der Waals surface area contributed by atoms with E-state index in [1.807, 2.05) is 13.8 Å². The number of nitrogens with two attached hydrogens (primary N) is 1. The number of carbonyl (C=O) groups is 1. The van der Waals surface area contributed by atoms with Gasteiger partial charge >= 0.3 is 6.18 Å². The molecule has 0 aliphatic rings. The van der Waals surface area contributed by atoms with Gasteiger partial charge in [-0.05, 0) is 38.1 Å². The van der Waals surface area contributed by atoms with Crippen molar-refractivity contribution < 1.29 is 18.0 Å². The summed E-state index contributed by atoms with van der Waals surface area (Å²) in [6.45, 7) is 7.37. The van der Waals surface area contributed by atoms with E-state index in [0.29, 0.717) is 5.70 Å². The first kappa shape index (κ1) is 20.1. The maximum Gasteiger partial charge on any atom is 0.416 e. The largest absolute Gasteiger partial charge is 0.416 e. The maximum absolute atomic E-state index is 12.7. The van der Waals surface area contributed by atoms with Gasteiger partial charge in [-0.1, -0.05) is 12.6 Å². The number of nitrogens with zero attached hydrogens (tertiary/aromatic N) is 2. The van der Waals surface area contributed by atoms with Crippen LogP contribution in [0, 0.1) is 0 Å². The van der Waals surface area contributed by atoms with Gasteiger partial charge in [0.05, 0.1) is 11.8 Å². The summed E-state index contributed by atoms with van der Waals surface area (Å²) >= 11 is 0. The van der Waals surface area contributed by atoms with Crippen molar-refractivity contribution in [2.45, 2.75) is 26.1 Å². The number of alkyl halides is 3. The van der Waals surface area contributed by atoms with E-state index in [4.69, 9.17) is 5.73 Å². The van der Waals surface area contributed by atoms with Crippen molar-refractivity contribution in [2.24, 2.45) is 0 Å². The van der Waals surface area contributed by atoms with Gasteiger partial charge in [-0.2, -0.15) is 18.3 Å². The first-order valence-corrected chi connectivity index (χ1v) is 8.03. The van der Waals surface area contributed by atoms with E-state index in [-0.39, 0.29) is 29.0 Å². The lowest BCUT2D eigenvalue weighted by atomic mass is 10.2. The minimum atomic E-state index is -4.43. The summed E-state index contributed by atoms with van der Waals surface area (Å²) in [5.41, 5.74) is 5.92. The zero-order chi connectivity index (χ0) is 20.2. The first-order valence-electron chi connectivity index (χ1n) is 8.03. The number of aromatic nitrogens is 2. The molecule has 0 aliphatic carbocycles. The molecule has 9 heteroatoms. The van der Waals surface area contributed by atoms with Crippen molar-refractivity contribution in [3.63, 3.8) is 0 Å². The van der Waals surface area contributed by atoms with Crippen LogP contribution in [0.15, 0.2) is 48.8 Å². The first-order chi connectivity index (χ1) is 12.6. The molecule has 0 atom stereocenters. The zero-order valence-corrected chi connectivity index (χ0v) is 14.8. The third-order valence-electron chi connectivity index (χ3n) is 3.41. The predicted octanol–water partition coefficient (Wildman–Crippen LogP) is 3.72. The molecule has 0 aliphatic heterocycles. The molecule has 1 heterocycles. The van der Waals surface area contributed by atoms with Crippen LogP contribution in [0.4, 0.5) is 24.7 Å². The summed E-state index contributed by atoms with van der Waals surface area (Å²) in [7, 11) is 0. The van der Waals surface area contributed by atoms with Crippen LogP contribution in [-0.2, 0) is 6.18 Å². The van der Waals surface area contributed by atoms with E-state index in [2.05, 4.69) is 22.3 Å². The molecule has 1 aromatic carbocycles. The Morgan fingerprint density at radius 2 is 2.07 bits per heavy atom. The normalized spacial score (nSPS) is 11.8. The quantitative estimate of drug-likeness (QED) is 0.668. The van der Waals surface area contributed by atoms with Crippen LogP contribution in [0.1, 0.15) is 29.8 Å².